The van der Waals surface area contributed by atoms with Gasteiger partial charge in [0.25, 0.3) is 0 Å². The molecule has 1 aromatic carbocycles. The second-order valence-electron chi connectivity index (χ2n) is 5.21. The molecule has 0 spiro atoms. The highest BCUT2D eigenvalue weighted by Crippen LogP contribution is 2.34. The number of nitrogens with zero attached hydrogens (tertiary/aromatic N) is 2. The first-order chi connectivity index (χ1) is 9.45. The van der Waals surface area contributed by atoms with Crippen LogP contribution in [0.15, 0.2) is 24.3 Å². The Bertz CT molecular complexity index is 643. The van der Waals surface area contributed by atoms with E-state index in [0.717, 1.165) is 54.8 Å². The molecule has 2 nitrogen and oxygen atoms in total. The molecule has 1 saturated heterocycles. The van der Waals surface area contributed by atoms with Gasteiger partial charge in [-0.25, -0.2) is 0 Å². The van der Waals surface area contributed by atoms with Crippen LogP contribution in [0.5, 0.6) is 0 Å². The van der Waals surface area contributed by atoms with Crippen LogP contribution in [0.25, 0.3) is 10.9 Å². The van der Waals surface area contributed by atoms with Crippen LogP contribution in [-0.4, -0.2) is 18.1 Å². The fourth-order valence-electron chi connectivity index (χ4n) is 2.73. The molecule has 0 N–H and O–H groups in total. The fraction of sp³-hybridized carbons (Fsp3) is 0.400. The summed E-state index contributed by atoms with van der Waals surface area (Å²) in [6.07, 6.45) is -2.07. The van der Waals surface area contributed by atoms with E-state index in [4.69, 9.17) is 0 Å². The molecule has 0 radical (unpaired) electrons. The van der Waals surface area contributed by atoms with Crippen molar-refractivity contribution in [3.63, 3.8) is 0 Å². The van der Waals surface area contributed by atoms with E-state index in [2.05, 4.69) is 9.88 Å². The smallest absolute Gasteiger partial charge is 0.371 e. The minimum absolute atomic E-state index is 0.418. The van der Waals surface area contributed by atoms with Crippen LogP contribution in [0.2, 0.25) is 0 Å². The van der Waals surface area contributed by atoms with E-state index in [-0.39, 0.29) is 0 Å². The number of benzene rings is 1. The number of pyridine rings is 1. The highest BCUT2D eigenvalue weighted by atomic mass is 19.4. The summed E-state index contributed by atoms with van der Waals surface area (Å²) in [6.45, 7) is 3.73. The van der Waals surface area contributed by atoms with Crippen LogP contribution in [0.1, 0.15) is 24.1 Å². The Morgan fingerprint density at radius 1 is 1.10 bits per heavy atom. The summed E-state index contributed by atoms with van der Waals surface area (Å²) in [5.74, 6) is 0. The summed E-state index contributed by atoms with van der Waals surface area (Å²) in [6, 6.07) is 5.78. The summed E-state index contributed by atoms with van der Waals surface area (Å²) in [5, 5.41) is 0.797. The number of halogens is 3. The maximum Gasteiger partial charge on any atom is 0.416 e. The van der Waals surface area contributed by atoms with Gasteiger partial charge in [-0.05, 0) is 38.0 Å². The summed E-state index contributed by atoms with van der Waals surface area (Å²) in [7, 11) is 0. The van der Waals surface area contributed by atoms with Crippen LogP contribution in [0.3, 0.4) is 0 Å². The van der Waals surface area contributed by atoms with Crippen molar-refractivity contribution in [1.29, 1.82) is 0 Å². The molecule has 0 unspecified atom stereocenters. The molecular formula is C15H15F3N2. The molecule has 2 heterocycles. The topological polar surface area (TPSA) is 16.1 Å². The molecule has 1 aliphatic heterocycles. The van der Waals surface area contributed by atoms with E-state index in [1.54, 1.807) is 0 Å². The van der Waals surface area contributed by atoms with Gasteiger partial charge >= 0.3 is 6.18 Å². The van der Waals surface area contributed by atoms with Gasteiger partial charge in [-0.1, -0.05) is 6.07 Å². The molecule has 2 aromatic rings. The van der Waals surface area contributed by atoms with Gasteiger partial charge in [-0.15, -0.1) is 0 Å². The molecule has 0 bridgehead atoms. The Morgan fingerprint density at radius 2 is 1.80 bits per heavy atom. The summed E-state index contributed by atoms with van der Waals surface area (Å²) < 4.78 is 38.3. The molecule has 1 fully saturated rings. The summed E-state index contributed by atoms with van der Waals surface area (Å²) in [5.41, 5.74) is 1.52. The number of rotatable bonds is 1. The zero-order valence-corrected chi connectivity index (χ0v) is 11.2. The minimum atomic E-state index is -4.33. The third-order valence-corrected chi connectivity index (χ3v) is 3.69. The van der Waals surface area contributed by atoms with Gasteiger partial charge in [-0.2, -0.15) is 13.2 Å². The Hall–Kier alpha value is -1.78. The largest absolute Gasteiger partial charge is 0.416 e. The molecule has 3 rings (SSSR count). The van der Waals surface area contributed by atoms with E-state index in [1.807, 2.05) is 13.0 Å². The summed E-state index contributed by atoms with van der Waals surface area (Å²) >= 11 is 0. The minimum Gasteiger partial charge on any atom is -0.371 e. The van der Waals surface area contributed by atoms with E-state index in [0.29, 0.717) is 5.52 Å². The second kappa shape index (κ2) is 4.65. The molecule has 5 heteroatoms. The van der Waals surface area contributed by atoms with Gasteiger partial charge in [-0.3, -0.25) is 4.98 Å². The molecule has 1 aliphatic rings. The zero-order chi connectivity index (χ0) is 14.3. The van der Waals surface area contributed by atoms with Crippen LogP contribution < -0.4 is 4.90 Å². The Labute approximate surface area is 115 Å². The van der Waals surface area contributed by atoms with Crippen molar-refractivity contribution in [2.24, 2.45) is 0 Å². The van der Waals surface area contributed by atoms with Crippen molar-refractivity contribution in [2.75, 3.05) is 18.0 Å². The Kier molecular flexibility index (Phi) is 3.07. The van der Waals surface area contributed by atoms with Gasteiger partial charge in [0.05, 0.1) is 11.1 Å². The highest BCUT2D eigenvalue weighted by molar-refractivity contribution is 5.92. The van der Waals surface area contributed by atoms with E-state index >= 15 is 0 Å². The lowest BCUT2D eigenvalue weighted by Crippen LogP contribution is -2.18. The predicted molar refractivity (Wildman–Crippen MR) is 72.9 cm³/mol. The van der Waals surface area contributed by atoms with Crippen LogP contribution in [-0.2, 0) is 6.18 Å². The fourth-order valence-corrected chi connectivity index (χ4v) is 2.73. The number of alkyl halides is 3. The number of aryl methyl sites for hydroxylation is 1. The van der Waals surface area contributed by atoms with Crippen LogP contribution in [0, 0.1) is 6.92 Å². The lowest BCUT2D eigenvalue weighted by atomic mass is 10.1. The van der Waals surface area contributed by atoms with Gasteiger partial charge < -0.3 is 4.90 Å². The molecular weight excluding hydrogens is 265 g/mol. The molecule has 106 valence electrons. The Morgan fingerprint density at radius 3 is 2.45 bits per heavy atom. The standard InChI is InChI=1S/C15H15F3N2/c1-10-8-14(20-6-2-3-7-20)12-5-4-11(15(16,17)18)9-13(12)19-10/h4-5,8-9H,2-3,6-7H2,1H3. The average molecular weight is 280 g/mol. The maximum atomic E-state index is 12.8. The molecule has 0 saturated carbocycles. The normalized spacial score (nSPS) is 16.1. The molecule has 1 aromatic heterocycles. The number of aromatic nitrogens is 1. The van der Waals surface area contributed by atoms with Gasteiger partial charge in [0.1, 0.15) is 0 Å². The van der Waals surface area contributed by atoms with E-state index in [1.165, 1.54) is 6.07 Å². The van der Waals surface area contributed by atoms with Crippen molar-refractivity contribution in [3.8, 4) is 0 Å². The molecule has 20 heavy (non-hydrogen) atoms. The zero-order valence-electron chi connectivity index (χ0n) is 11.2. The molecule has 0 atom stereocenters. The first-order valence-corrected chi connectivity index (χ1v) is 6.69. The number of anilines is 1. The Balaban J connectivity index is 2.17. The summed E-state index contributed by atoms with van der Waals surface area (Å²) in [4.78, 5) is 6.48. The quantitative estimate of drug-likeness (QED) is 0.779. The van der Waals surface area contributed by atoms with Crippen molar-refractivity contribution >= 4 is 16.6 Å². The van der Waals surface area contributed by atoms with E-state index < -0.39 is 11.7 Å². The number of fused-ring (bicyclic) bond motifs is 1. The van der Waals surface area contributed by atoms with Crippen LogP contribution in [0.4, 0.5) is 18.9 Å². The lowest BCUT2D eigenvalue weighted by Gasteiger charge is -2.20. The van der Waals surface area contributed by atoms with E-state index in [9.17, 15) is 13.2 Å². The highest BCUT2D eigenvalue weighted by Gasteiger charge is 2.31. The predicted octanol–water partition coefficient (Wildman–Crippen LogP) is 4.16. The third-order valence-electron chi connectivity index (χ3n) is 3.69. The average Bonchev–Trinajstić information content (AvgIpc) is 2.89. The van der Waals surface area contributed by atoms with Crippen LogP contribution >= 0.6 is 0 Å². The molecule has 0 aliphatic carbocycles. The van der Waals surface area contributed by atoms with Crippen molar-refractivity contribution in [1.82, 2.24) is 4.98 Å². The first kappa shape index (κ1) is 13.2. The maximum absolute atomic E-state index is 12.8. The van der Waals surface area contributed by atoms with Gasteiger partial charge in [0, 0.05) is 29.9 Å². The second-order valence-corrected chi connectivity index (χ2v) is 5.21. The number of hydrogen-bond acceptors (Lipinski definition) is 2. The lowest BCUT2D eigenvalue weighted by molar-refractivity contribution is -0.137. The van der Waals surface area contributed by atoms with Crippen molar-refractivity contribution < 1.29 is 13.2 Å². The molecule has 0 amide bonds. The van der Waals surface area contributed by atoms with Crippen molar-refractivity contribution in [2.45, 2.75) is 25.9 Å². The number of hydrogen-bond donors (Lipinski definition) is 0. The SMILES string of the molecule is Cc1cc(N2CCCC2)c2ccc(C(F)(F)F)cc2n1. The van der Waals surface area contributed by atoms with Crippen molar-refractivity contribution in [3.05, 3.63) is 35.5 Å². The first-order valence-electron chi connectivity index (χ1n) is 6.69. The van der Waals surface area contributed by atoms with Gasteiger partial charge in [0.2, 0.25) is 0 Å². The van der Waals surface area contributed by atoms with Gasteiger partial charge in [0.15, 0.2) is 0 Å². The monoisotopic (exact) mass is 280 g/mol. The third kappa shape index (κ3) is 2.32.